The average molecular weight is 83.0 g/mol. The Morgan fingerprint density at radius 2 is 2.40 bits per heavy atom. The van der Waals surface area contributed by atoms with E-state index in [1.165, 1.54) is 0 Å². The van der Waals surface area contributed by atoms with Crippen LogP contribution in [0.4, 0.5) is 0 Å². The molecular formula is C2N2P-. The van der Waals surface area contributed by atoms with Gasteiger partial charge in [-0.25, -0.2) is 5.59 Å². The highest BCUT2D eigenvalue weighted by atomic mass is 31.1. The highest BCUT2D eigenvalue weighted by Crippen LogP contribution is 1.78. The maximum Gasteiger partial charge on any atom is 0.128 e. The van der Waals surface area contributed by atoms with Gasteiger partial charge in [-0.2, -0.15) is 5.26 Å². The maximum absolute atomic E-state index is 7.58. The molecular weight excluding hydrogens is 83.0 g/mol. The van der Waals surface area contributed by atoms with E-state index in [1.54, 1.807) is 11.4 Å². The molecule has 0 fully saturated rings. The molecule has 0 bridgehead atoms. The summed E-state index contributed by atoms with van der Waals surface area (Å²) in [7, 11) is 0.191. The second-order valence-electron chi connectivity index (χ2n) is 0.312. The van der Waals surface area contributed by atoms with Crippen LogP contribution in [0.3, 0.4) is 0 Å². The molecule has 0 spiro atoms. The van der Waals surface area contributed by atoms with Crippen molar-refractivity contribution < 1.29 is 0 Å². The molecule has 0 aromatic carbocycles. The minimum Gasteiger partial charge on any atom is -0.758 e. The zero-order valence-electron chi connectivity index (χ0n) is 2.34. The van der Waals surface area contributed by atoms with Crippen LogP contribution < -0.4 is 0 Å². The Morgan fingerprint density at radius 1 is 1.80 bits per heavy atom. The number of hydrogen-bond acceptors (Lipinski definition) is 1. The van der Waals surface area contributed by atoms with Gasteiger partial charge in [0, 0.05) is 8.20 Å². The lowest BCUT2D eigenvalue weighted by atomic mass is 11.7. The lowest BCUT2D eigenvalue weighted by Gasteiger charge is -1.50. The van der Waals surface area contributed by atoms with Crippen LogP contribution in [0.5, 0.6) is 0 Å². The Kier molecular flexibility index (Phi) is 2.95. The predicted octanol–water partition coefficient (Wildman–Crippen LogP) is 0.888. The molecule has 0 radical (unpaired) electrons. The molecule has 0 aromatic heterocycles. The van der Waals surface area contributed by atoms with Crippen molar-refractivity contribution >= 4 is 13.8 Å². The Labute approximate surface area is 31.4 Å². The summed E-state index contributed by atoms with van der Waals surface area (Å²) in [6.45, 7) is 0. The van der Waals surface area contributed by atoms with Gasteiger partial charge in [-0.15, -0.1) is 0 Å². The van der Waals surface area contributed by atoms with Crippen LogP contribution in [0.15, 0.2) is 0 Å². The van der Waals surface area contributed by atoms with Crippen LogP contribution >= 0.6 is 8.20 Å². The fourth-order valence-corrected chi connectivity index (χ4v) is 0.0671. The summed E-state index contributed by atoms with van der Waals surface area (Å²) >= 11 is 0. The molecule has 0 amide bonds. The standard InChI is InChI=1S/C2N2P/c3-1-5-2-4/q-1. The average Bonchev–Trinajstić information content (AvgIpc) is 1.41. The van der Waals surface area contributed by atoms with Crippen molar-refractivity contribution in [2.24, 2.45) is 0 Å². The third-order valence-corrected chi connectivity index (χ3v) is 0.300. The van der Waals surface area contributed by atoms with Crippen LogP contribution in [0.2, 0.25) is 0 Å². The largest absolute Gasteiger partial charge is 0.758 e. The van der Waals surface area contributed by atoms with E-state index >= 15 is 0 Å². The molecule has 0 unspecified atom stereocenters. The monoisotopic (exact) mass is 83.0 g/mol. The van der Waals surface area contributed by atoms with E-state index in [-0.39, 0.29) is 8.20 Å². The normalized spacial score (nSPS) is 5.40. The summed E-state index contributed by atoms with van der Waals surface area (Å²) < 4.78 is 0. The predicted molar refractivity (Wildman–Crippen MR) is 20.9 cm³/mol. The van der Waals surface area contributed by atoms with E-state index in [1.807, 2.05) is 0 Å². The molecule has 0 N–H and O–H groups in total. The molecule has 5 heavy (non-hydrogen) atoms. The van der Waals surface area contributed by atoms with Crippen LogP contribution in [-0.2, 0) is 0 Å². The highest BCUT2D eigenvalue weighted by Gasteiger charge is 1.38. The van der Waals surface area contributed by atoms with Gasteiger partial charge in [0.25, 0.3) is 0 Å². The zero-order chi connectivity index (χ0) is 4.12. The smallest absolute Gasteiger partial charge is 0.128 e. The van der Waals surface area contributed by atoms with E-state index in [2.05, 4.69) is 0 Å². The van der Waals surface area contributed by atoms with Crippen LogP contribution in [0, 0.1) is 11.1 Å². The van der Waals surface area contributed by atoms with Crippen LogP contribution in [0.1, 0.15) is 0 Å². The molecule has 0 rings (SSSR count). The molecule has 0 saturated heterocycles. The summed E-state index contributed by atoms with van der Waals surface area (Å²) in [5.41, 5.74) is 1.63. The van der Waals surface area contributed by atoms with Gasteiger partial charge in [0.2, 0.25) is 0 Å². The molecule has 0 saturated carbocycles. The van der Waals surface area contributed by atoms with Gasteiger partial charge in [0.05, 0.1) is 0 Å². The fourth-order valence-electron chi connectivity index (χ4n) is 0.0224. The summed E-state index contributed by atoms with van der Waals surface area (Å²) in [6.07, 6.45) is 0. The van der Waals surface area contributed by atoms with E-state index in [4.69, 9.17) is 10.7 Å². The molecule has 0 aromatic rings. The van der Waals surface area contributed by atoms with Crippen molar-refractivity contribution in [2.75, 3.05) is 0 Å². The van der Waals surface area contributed by atoms with Gasteiger partial charge < -0.3 is 5.41 Å². The second kappa shape index (κ2) is 3.37. The lowest BCUT2D eigenvalue weighted by Crippen LogP contribution is -1.17. The first-order chi connectivity index (χ1) is 2.41. The molecule has 0 heterocycles. The third-order valence-electron chi connectivity index (χ3n) is 0.100. The molecule has 0 aliphatic rings. The number of nitrogens with zero attached hydrogens (tertiary/aromatic N) is 2. The van der Waals surface area contributed by atoms with Gasteiger partial charge in [-0.3, -0.25) is 0 Å². The van der Waals surface area contributed by atoms with E-state index < -0.39 is 0 Å². The van der Waals surface area contributed by atoms with Gasteiger partial charge in [0.1, 0.15) is 5.81 Å². The van der Waals surface area contributed by atoms with Crippen molar-refractivity contribution in [1.29, 1.82) is 5.26 Å². The lowest BCUT2D eigenvalue weighted by molar-refractivity contribution is 1.57. The van der Waals surface area contributed by atoms with Gasteiger partial charge >= 0.3 is 0 Å². The Balaban J connectivity index is 3.46. The Bertz CT molecular complexity index is 94.7. The molecule has 0 aliphatic heterocycles. The summed E-state index contributed by atoms with van der Waals surface area (Å²) in [6, 6.07) is 0. The summed E-state index contributed by atoms with van der Waals surface area (Å²) in [4.78, 5) is 0. The zero-order valence-corrected chi connectivity index (χ0v) is 3.24. The van der Waals surface area contributed by atoms with Gasteiger partial charge in [-0.1, -0.05) is 0 Å². The molecule has 2 nitrogen and oxygen atoms in total. The fraction of sp³-hybridized carbons (Fsp3) is 0. The van der Waals surface area contributed by atoms with Crippen molar-refractivity contribution in [3.8, 4) is 5.81 Å². The second-order valence-corrected chi connectivity index (χ2v) is 0.935. The first-order valence-electron chi connectivity index (χ1n) is 0.894. The molecule has 0 aliphatic carbocycles. The first-order valence-corrected chi connectivity index (χ1v) is 1.79. The van der Waals surface area contributed by atoms with Crippen molar-refractivity contribution in [2.45, 2.75) is 0 Å². The quantitative estimate of drug-likeness (QED) is 0.317. The van der Waals surface area contributed by atoms with Gasteiger partial charge in [-0.05, 0) is 0 Å². The van der Waals surface area contributed by atoms with E-state index in [0.29, 0.717) is 0 Å². The topological polar surface area (TPSA) is 46.1 Å². The van der Waals surface area contributed by atoms with Crippen molar-refractivity contribution in [3.63, 3.8) is 0 Å². The number of rotatable bonds is 0. The SMILES string of the molecule is N#CP=C=[N-]. The minimum atomic E-state index is 0.191. The number of hydrogen-bond donors (Lipinski definition) is 0. The molecule has 24 valence electrons. The maximum atomic E-state index is 7.58. The summed E-state index contributed by atoms with van der Waals surface area (Å²) in [5, 5.41) is 15.2. The minimum absolute atomic E-state index is 0.191. The Hall–Kier alpha value is -0.630. The highest BCUT2D eigenvalue weighted by molar-refractivity contribution is 7.43. The Morgan fingerprint density at radius 3 is 2.40 bits per heavy atom. The third kappa shape index (κ3) is 3.37. The van der Waals surface area contributed by atoms with Gasteiger partial charge in [0.15, 0.2) is 0 Å². The molecule has 3 heteroatoms. The van der Waals surface area contributed by atoms with E-state index in [9.17, 15) is 0 Å². The molecule has 0 atom stereocenters. The van der Waals surface area contributed by atoms with Crippen LogP contribution in [-0.4, -0.2) is 5.59 Å². The number of nitriles is 1. The van der Waals surface area contributed by atoms with Crippen molar-refractivity contribution in [1.82, 2.24) is 0 Å². The van der Waals surface area contributed by atoms with E-state index in [0.717, 1.165) is 0 Å². The van der Waals surface area contributed by atoms with Crippen LogP contribution in [0.25, 0.3) is 5.41 Å². The summed E-state index contributed by atoms with van der Waals surface area (Å²) in [5.74, 6) is 1.63. The first kappa shape index (κ1) is 4.37. The van der Waals surface area contributed by atoms with Crippen molar-refractivity contribution in [3.05, 3.63) is 5.41 Å².